The lowest BCUT2D eigenvalue weighted by atomic mass is 10.3. The summed E-state index contributed by atoms with van der Waals surface area (Å²) in [6.45, 7) is 7.50. The highest BCUT2D eigenvalue weighted by Gasteiger charge is 2.10. The quantitative estimate of drug-likeness (QED) is 0.786. The highest BCUT2D eigenvalue weighted by Crippen LogP contribution is 2.11. The Kier molecular flexibility index (Phi) is 5.94. The van der Waals surface area contributed by atoms with Gasteiger partial charge in [-0.2, -0.15) is 0 Å². The van der Waals surface area contributed by atoms with Crippen LogP contribution in [0.4, 0.5) is 0 Å². The molecule has 4 heteroatoms. The first-order chi connectivity index (χ1) is 8.11. The first-order valence-corrected chi connectivity index (χ1v) is 5.93. The Morgan fingerprint density at radius 2 is 2.12 bits per heavy atom. The molecule has 1 aromatic rings. The van der Waals surface area contributed by atoms with Gasteiger partial charge in [0.05, 0.1) is 12.8 Å². The lowest BCUT2D eigenvalue weighted by molar-refractivity contribution is 0.0791. The van der Waals surface area contributed by atoms with Gasteiger partial charge in [-0.15, -0.1) is 0 Å². The molecule has 0 aliphatic rings. The highest BCUT2D eigenvalue weighted by molar-refractivity contribution is 5.19. The summed E-state index contributed by atoms with van der Waals surface area (Å²) < 4.78 is 11.0. The number of pyridine rings is 1. The van der Waals surface area contributed by atoms with Crippen LogP contribution in [0.1, 0.15) is 19.5 Å². The van der Waals surface area contributed by atoms with Crippen LogP contribution in [0, 0.1) is 6.92 Å². The van der Waals surface area contributed by atoms with Crippen LogP contribution in [-0.4, -0.2) is 37.4 Å². The van der Waals surface area contributed by atoms with E-state index in [1.807, 2.05) is 19.1 Å². The van der Waals surface area contributed by atoms with Crippen molar-refractivity contribution in [2.75, 3.05) is 20.3 Å². The second-order valence-electron chi connectivity index (χ2n) is 4.39. The van der Waals surface area contributed by atoms with E-state index in [4.69, 9.17) is 9.47 Å². The Morgan fingerprint density at radius 1 is 1.35 bits per heavy atom. The standard InChI is InChI=1S/C13H22N2O2/c1-10(2)14-8-13(9-16-4)17-12-6-5-11(3)15-7-12/h5-7,10,13-14H,8-9H2,1-4H3. The van der Waals surface area contributed by atoms with E-state index in [1.165, 1.54) is 0 Å². The molecular formula is C13H22N2O2. The third-order valence-corrected chi connectivity index (χ3v) is 2.29. The average molecular weight is 238 g/mol. The molecule has 0 aliphatic heterocycles. The van der Waals surface area contributed by atoms with Gasteiger partial charge in [-0.3, -0.25) is 4.98 Å². The summed E-state index contributed by atoms with van der Waals surface area (Å²) in [4.78, 5) is 4.20. The first kappa shape index (κ1) is 13.9. The lowest BCUT2D eigenvalue weighted by Crippen LogP contribution is -2.38. The Hall–Kier alpha value is -1.13. The molecule has 0 radical (unpaired) electrons. The van der Waals surface area contributed by atoms with E-state index in [2.05, 4.69) is 24.1 Å². The van der Waals surface area contributed by atoms with Crippen molar-refractivity contribution < 1.29 is 9.47 Å². The molecule has 0 saturated carbocycles. The fourth-order valence-electron chi connectivity index (χ4n) is 1.40. The monoisotopic (exact) mass is 238 g/mol. The van der Waals surface area contributed by atoms with Crippen LogP contribution < -0.4 is 10.1 Å². The minimum absolute atomic E-state index is 0.00639. The predicted octanol–water partition coefficient (Wildman–Crippen LogP) is 1.78. The fourth-order valence-corrected chi connectivity index (χ4v) is 1.40. The number of hydrogen-bond donors (Lipinski definition) is 1. The van der Waals surface area contributed by atoms with E-state index < -0.39 is 0 Å². The largest absolute Gasteiger partial charge is 0.485 e. The molecular weight excluding hydrogens is 216 g/mol. The topological polar surface area (TPSA) is 43.4 Å². The van der Waals surface area contributed by atoms with Gasteiger partial charge in [-0.05, 0) is 19.1 Å². The molecule has 0 fully saturated rings. The highest BCUT2D eigenvalue weighted by atomic mass is 16.5. The van der Waals surface area contributed by atoms with Crippen molar-refractivity contribution in [1.29, 1.82) is 0 Å². The molecule has 0 amide bonds. The fraction of sp³-hybridized carbons (Fsp3) is 0.615. The van der Waals surface area contributed by atoms with Gasteiger partial charge < -0.3 is 14.8 Å². The number of hydrogen-bond acceptors (Lipinski definition) is 4. The molecule has 0 aromatic carbocycles. The maximum Gasteiger partial charge on any atom is 0.138 e. The molecule has 0 spiro atoms. The zero-order valence-corrected chi connectivity index (χ0v) is 11.1. The smallest absolute Gasteiger partial charge is 0.138 e. The summed E-state index contributed by atoms with van der Waals surface area (Å²) in [5.74, 6) is 0.781. The Labute approximate surface area is 103 Å². The zero-order valence-electron chi connectivity index (χ0n) is 11.1. The van der Waals surface area contributed by atoms with E-state index in [-0.39, 0.29) is 6.10 Å². The zero-order chi connectivity index (χ0) is 12.7. The molecule has 96 valence electrons. The van der Waals surface area contributed by atoms with Crippen LogP contribution in [0.15, 0.2) is 18.3 Å². The van der Waals surface area contributed by atoms with Gasteiger partial charge >= 0.3 is 0 Å². The van der Waals surface area contributed by atoms with Crippen LogP contribution in [0.25, 0.3) is 0 Å². The van der Waals surface area contributed by atoms with E-state index >= 15 is 0 Å². The van der Waals surface area contributed by atoms with E-state index in [1.54, 1.807) is 13.3 Å². The minimum Gasteiger partial charge on any atom is -0.485 e. The average Bonchev–Trinajstić information content (AvgIpc) is 2.29. The molecule has 4 nitrogen and oxygen atoms in total. The molecule has 1 N–H and O–H groups in total. The van der Waals surface area contributed by atoms with Crippen molar-refractivity contribution in [1.82, 2.24) is 10.3 Å². The number of nitrogens with one attached hydrogen (secondary N) is 1. The van der Waals surface area contributed by atoms with E-state index in [0.717, 1.165) is 18.0 Å². The van der Waals surface area contributed by atoms with Crippen molar-refractivity contribution in [3.63, 3.8) is 0 Å². The molecule has 1 atom stereocenters. The molecule has 0 bridgehead atoms. The maximum absolute atomic E-state index is 5.81. The van der Waals surface area contributed by atoms with Crippen LogP contribution in [0.5, 0.6) is 5.75 Å². The SMILES string of the molecule is COCC(CNC(C)C)Oc1ccc(C)nc1. The van der Waals surface area contributed by atoms with Crippen molar-refractivity contribution in [2.24, 2.45) is 0 Å². The van der Waals surface area contributed by atoms with Crippen molar-refractivity contribution in [3.8, 4) is 5.75 Å². The second kappa shape index (κ2) is 7.25. The number of nitrogens with zero attached hydrogens (tertiary/aromatic N) is 1. The molecule has 1 heterocycles. The summed E-state index contributed by atoms with van der Waals surface area (Å²) in [5, 5.41) is 3.34. The van der Waals surface area contributed by atoms with Crippen molar-refractivity contribution in [2.45, 2.75) is 32.9 Å². The minimum atomic E-state index is 0.00639. The Bertz CT molecular complexity index is 312. The van der Waals surface area contributed by atoms with E-state index in [9.17, 15) is 0 Å². The van der Waals surface area contributed by atoms with Gasteiger partial charge in [0, 0.05) is 25.4 Å². The maximum atomic E-state index is 5.81. The normalized spacial score (nSPS) is 12.8. The van der Waals surface area contributed by atoms with Gasteiger partial charge in [0.2, 0.25) is 0 Å². The van der Waals surface area contributed by atoms with Crippen LogP contribution >= 0.6 is 0 Å². The number of aryl methyl sites for hydroxylation is 1. The molecule has 17 heavy (non-hydrogen) atoms. The van der Waals surface area contributed by atoms with Gasteiger partial charge in [0.1, 0.15) is 11.9 Å². The number of methoxy groups -OCH3 is 1. The first-order valence-electron chi connectivity index (χ1n) is 5.93. The van der Waals surface area contributed by atoms with Crippen molar-refractivity contribution in [3.05, 3.63) is 24.0 Å². The van der Waals surface area contributed by atoms with E-state index in [0.29, 0.717) is 12.6 Å². The van der Waals surface area contributed by atoms with Gasteiger partial charge in [0.25, 0.3) is 0 Å². The molecule has 1 unspecified atom stereocenters. The summed E-state index contributed by atoms with van der Waals surface area (Å²) in [5.41, 5.74) is 0.987. The summed E-state index contributed by atoms with van der Waals surface area (Å²) in [7, 11) is 1.68. The van der Waals surface area contributed by atoms with Crippen molar-refractivity contribution >= 4 is 0 Å². The number of aromatic nitrogens is 1. The predicted molar refractivity (Wildman–Crippen MR) is 68.4 cm³/mol. The third kappa shape index (κ3) is 5.65. The van der Waals surface area contributed by atoms with Gasteiger partial charge in [-0.1, -0.05) is 13.8 Å². The van der Waals surface area contributed by atoms with Gasteiger partial charge in [0.15, 0.2) is 0 Å². The molecule has 0 aliphatic carbocycles. The summed E-state index contributed by atoms with van der Waals surface area (Å²) >= 11 is 0. The Balaban J connectivity index is 2.50. The number of rotatable bonds is 7. The van der Waals surface area contributed by atoms with Gasteiger partial charge in [-0.25, -0.2) is 0 Å². The van der Waals surface area contributed by atoms with Crippen LogP contribution in [0.2, 0.25) is 0 Å². The third-order valence-electron chi connectivity index (χ3n) is 2.29. The summed E-state index contributed by atoms with van der Waals surface area (Å²) in [6, 6.07) is 4.31. The Morgan fingerprint density at radius 3 is 2.65 bits per heavy atom. The lowest BCUT2D eigenvalue weighted by Gasteiger charge is -2.20. The van der Waals surface area contributed by atoms with Crippen LogP contribution in [0.3, 0.4) is 0 Å². The summed E-state index contributed by atoms with van der Waals surface area (Å²) in [6.07, 6.45) is 1.75. The molecule has 0 saturated heterocycles. The molecule has 1 aromatic heterocycles. The second-order valence-corrected chi connectivity index (χ2v) is 4.39. The molecule has 1 rings (SSSR count). The number of ether oxygens (including phenoxy) is 2. The van der Waals surface area contributed by atoms with Crippen LogP contribution in [-0.2, 0) is 4.74 Å².